The van der Waals surface area contributed by atoms with Crippen LogP contribution in [0.2, 0.25) is 5.15 Å². The summed E-state index contributed by atoms with van der Waals surface area (Å²) in [6.07, 6.45) is 0. The monoisotopic (exact) mass is 260 g/mol. The van der Waals surface area contributed by atoms with Crippen molar-refractivity contribution in [1.82, 2.24) is 10.2 Å². The average molecular weight is 262 g/mol. The summed E-state index contributed by atoms with van der Waals surface area (Å²) < 4.78 is 6.09. The van der Waals surface area contributed by atoms with Gasteiger partial charge in [-0.25, -0.2) is 0 Å². The largest absolute Gasteiger partial charge is 0.496 e. The molecule has 1 aromatic carbocycles. The molecule has 0 atom stereocenters. The van der Waals surface area contributed by atoms with E-state index in [2.05, 4.69) is 26.1 Å². The fraction of sp³-hybridized carbons (Fsp3) is 0.125. The van der Waals surface area contributed by atoms with E-state index in [0.717, 1.165) is 15.4 Å². The number of aromatic nitrogens is 2. The molecule has 2 rings (SSSR count). The molecule has 1 heterocycles. The molecule has 1 aromatic heterocycles. The van der Waals surface area contributed by atoms with Gasteiger partial charge in [-0.2, -0.15) is 5.10 Å². The number of hydrogen-bond acceptors (Lipinski definition) is 2. The zero-order valence-corrected chi connectivity index (χ0v) is 9.11. The Balaban J connectivity index is 2.85. The Morgan fingerprint density at radius 1 is 1.54 bits per heavy atom. The van der Waals surface area contributed by atoms with Crippen molar-refractivity contribution in [3.05, 3.63) is 21.8 Å². The highest BCUT2D eigenvalue weighted by atomic mass is 79.9. The Labute approximate surface area is 88.2 Å². The Kier molecular flexibility index (Phi) is 2.17. The number of rotatable bonds is 1. The van der Waals surface area contributed by atoms with E-state index in [1.165, 1.54) is 0 Å². The van der Waals surface area contributed by atoms with Crippen molar-refractivity contribution in [1.29, 1.82) is 0 Å². The van der Waals surface area contributed by atoms with Gasteiger partial charge in [-0.15, -0.1) is 0 Å². The number of nitrogens with zero attached hydrogens (tertiary/aromatic N) is 1. The van der Waals surface area contributed by atoms with E-state index in [-0.39, 0.29) is 0 Å². The summed E-state index contributed by atoms with van der Waals surface area (Å²) in [5.74, 6) is 0.711. The van der Waals surface area contributed by atoms with Gasteiger partial charge in [0.15, 0.2) is 0 Å². The van der Waals surface area contributed by atoms with Crippen molar-refractivity contribution in [2.24, 2.45) is 0 Å². The third kappa shape index (κ3) is 1.40. The maximum absolute atomic E-state index is 5.90. The zero-order valence-electron chi connectivity index (χ0n) is 6.77. The zero-order chi connectivity index (χ0) is 9.42. The number of aromatic amines is 1. The maximum Gasteiger partial charge on any atom is 0.135 e. The van der Waals surface area contributed by atoms with Gasteiger partial charge in [-0.05, 0) is 12.1 Å². The lowest BCUT2D eigenvalue weighted by Gasteiger charge is -2.01. The summed E-state index contributed by atoms with van der Waals surface area (Å²) in [7, 11) is 1.60. The van der Waals surface area contributed by atoms with E-state index in [9.17, 15) is 0 Å². The van der Waals surface area contributed by atoms with Gasteiger partial charge in [-0.1, -0.05) is 27.5 Å². The van der Waals surface area contributed by atoms with Crippen LogP contribution in [0.3, 0.4) is 0 Å². The molecule has 0 aliphatic carbocycles. The minimum absolute atomic E-state index is 0.499. The number of H-pyrrole nitrogens is 1. The number of methoxy groups -OCH3 is 1. The number of benzene rings is 1. The molecule has 3 nitrogen and oxygen atoms in total. The van der Waals surface area contributed by atoms with Crippen molar-refractivity contribution in [3.63, 3.8) is 0 Å². The van der Waals surface area contributed by atoms with E-state index < -0.39 is 0 Å². The predicted octanol–water partition coefficient (Wildman–Crippen LogP) is 2.99. The minimum Gasteiger partial charge on any atom is -0.496 e. The van der Waals surface area contributed by atoms with Crippen LogP contribution in [0.4, 0.5) is 0 Å². The van der Waals surface area contributed by atoms with Crippen LogP contribution < -0.4 is 4.74 Å². The first-order valence-corrected chi connectivity index (χ1v) is 4.76. The third-order valence-corrected chi connectivity index (χ3v) is 2.49. The lowest BCUT2D eigenvalue weighted by Crippen LogP contribution is -1.83. The van der Waals surface area contributed by atoms with Gasteiger partial charge < -0.3 is 4.74 Å². The first-order chi connectivity index (χ1) is 6.22. The average Bonchev–Trinajstić information content (AvgIpc) is 2.46. The standard InChI is InChI=1S/C8H6BrClN2O/c1-13-6-3-4(9)2-5-7(6)8(10)12-11-5/h2-3H,1H3,(H,11,12). The van der Waals surface area contributed by atoms with Crippen molar-refractivity contribution in [3.8, 4) is 5.75 Å². The highest BCUT2D eigenvalue weighted by molar-refractivity contribution is 9.10. The van der Waals surface area contributed by atoms with Crippen LogP contribution in [0.25, 0.3) is 10.9 Å². The normalized spacial score (nSPS) is 10.7. The molecule has 13 heavy (non-hydrogen) atoms. The van der Waals surface area contributed by atoms with E-state index in [4.69, 9.17) is 16.3 Å². The fourth-order valence-electron chi connectivity index (χ4n) is 1.20. The number of halogens is 2. The van der Waals surface area contributed by atoms with Crippen LogP contribution in [-0.4, -0.2) is 17.3 Å². The molecule has 0 saturated carbocycles. The van der Waals surface area contributed by atoms with Crippen molar-refractivity contribution in [2.75, 3.05) is 7.11 Å². The summed E-state index contributed by atoms with van der Waals surface area (Å²) in [5.41, 5.74) is 0.788. The lowest BCUT2D eigenvalue weighted by molar-refractivity contribution is 0.419. The summed E-state index contributed by atoms with van der Waals surface area (Å²) in [6.45, 7) is 0. The second-order valence-electron chi connectivity index (χ2n) is 2.54. The van der Waals surface area contributed by atoms with Crippen molar-refractivity contribution < 1.29 is 4.74 Å². The van der Waals surface area contributed by atoms with Crippen LogP contribution in [0.15, 0.2) is 16.6 Å². The molecule has 68 valence electrons. The molecular formula is C8H6BrClN2O. The molecule has 5 heteroatoms. The van der Waals surface area contributed by atoms with E-state index >= 15 is 0 Å². The molecule has 0 amide bonds. The van der Waals surface area contributed by atoms with Crippen LogP contribution in [0, 0.1) is 0 Å². The van der Waals surface area contributed by atoms with E-state index in [1.807, 2.05) is 12.1 Å². The Morgan fingerprint density at radius 3 is 3.00 bits per heavy atom. The third-order valence-electron chi connectivity index (χ3n) is 1.76. The second kappa shape index (κ2) is 3.20. The maximum atomic E-state index is 5.90. The lowest BCUT2D eigenvalue weighted by atomic mass is 10.2. The van der Waals surface area contributed by atoms with Gasteiger partial charge in [0.1, 0.15) is 10.9 Å². The van der Waals surface area contributed by atoms with Crippen LogP contribution in [0.5, 0.6) is 5.75 Å². The molecule has 0 radical (unpaired) electrons. The Hall–Kier alpha value is -0.740. The van der Waals surface area contributed by atoms with Gasteiger partial charge in [-0.3, -0.25) is 5.10 Å². The Bertz CT molecular complexity index is 455. The van der Waals surface area contributed by atoms with Gasteiger partial charge in [0, 0.05) is 4.47 Å². The number of fused-ring (bicyclic) bond motifs is 1. The molecular weight excluding hydrogens is 255 g/mol. The molecule has 0 saturated heterocycles. The molecule has 0 unspecified atom stereocenters. The molecule has 0 bridgehead atoms. The summed E-state index contributed by atoms with van der Waals surface area (Å²) in [6, 6.07) is 3.73. The quantitative estimate of drug-likeness (QED) is 0.857. The summed E-state index contributed by atoms with van der Waals surface area (Å²) in [5, 5.41) is 8.03. The van der Waals surface area contributed by atoms with E-state index in [0.29, 0.717) is 10.9 Å². The smallest absolute Gasteiger partial charge is 0.135 e. The molecule has 0 fully saturated rings. The van der Waals surface area contributed by atoms with Gasteiger partial charge in [0.05, 0.1) is 18.0 Å². The van der Waals surface area contributed by atoms with Crippen molar-refractivity contribution >= 4 is 38.4 Å². The first-order valence-electron chi connectivity index (χ1n) is 3.59. The molecule has 1 N–H and O–H groups in total. The molecule has 0 aliphatic rings. The van der Waals surface area contributed by atoms with Gasteiger partial charge >= 0.3 is 0 Å². The topological polar surface area (TPSA) is 37.9 Å². The highest BCUT2D eigenvalue weighted by Crippen LogP contribution is 2.33. The van der Waals surface area contributed by atoms with E-state index in [1.54, 1.807) is 7.11 Å². The van der Waals surface area contributed by atoms with Crippen molar-refractivity contribution in [2.45, 2.75) is 0 Å². The molecule has 0 spiro atoms. The molecule has 2 aromatic rings. The predicted molar refractivity (Wildman–Crippen MR) is 55.4 cm³/mol. The first kappa shape index (κ1) is 8.84. The summed E-state index contributed by atoms with van der Waals surface area (Å²) in [4.78, 5) is 0. The molecule has 0 aliphatic heterocycles. The van der Waals surface area contributed by atoms with Crippen LogP contribution >= 0.6 is 27.5 Å². The summed E-state index contributed by atoms with van der Waals surface area (Å²) >= 11 is 9.25. The highest BCUT2D eigenvalue weighted by Gasteiger charge is 2.09. The fourth-order valence-corrected chi connectivity index (χ4v) is 1.86. The number of hydrogen-bond donors (Lipinski definition) is 1. The second-order valence-corrected chi connectivity index (χ2v) is 3.83. The SMILES string of the molecule is COc1cc(Br)cc2n[nH]c(Cl)c12. The van der Waals surface area contributed by atoms with Crippen LogP contribution in [0.1, 0.15) is 0 Å². The van der Waals surface area contributed by atoms with Gasteiger partial charge in [0.25, 0.3) is 0 Å². The number of nitrogens with one attached hydrogen (secondary N) is 1. The van der Waals surface area contributed by atoms with Crippen LogP contribution in [-0.2, 0) is 0 Å². The number of ether oxygens (including phenoxy) is 1. The van der Waals surface area contributed by atoms with Gasteiger partial charge in [0.2, 0.25) is 0 Å². The Morgan fingerprint density at radius 2 is 2.31 bits per heavy atom. The minimum atomic E-state index is 0.499.